The molecule has 0 aliphatic carbocycles. The van der Waals surface area contributed by atoms with E-state index in [0.29, 0.717) is 0 Å². The van der Waals surface area contributed by atoms with E-state index in [1.165, 1.54) is 13.2 Å². The Bertz CT molecular complexity index is 284. The number of likely N-dealkylation sites (N-methyl/N-ethyl adjacent to an activating group) is 1. The van der Waals surface area contributed by atoms with Gasteiger partial charge in [0.05, 0.1) is 19.3 Å². The molecule has 0 atom stereocenters. The zero-order chi connectivity index (χ0) is 12.8. The molecule has 0 rings (SSSR count). The van der Waals surface area contributed by atoms with Crippen LogP contribution in [0.4, 0.5) is 0 Å². The van der Waals surface area contributed by atoms with Gasteiger partial charge >= 0.3 is 5.97 Å². The Morgan fingerprint density at radius 1 is 1.44 bits per heavy atom. The maximum absolute atomic E-state index is 11.3. The van der Waals surface area contributed by atoms with Crippen LogP contribution in [0.2, 0.25) is 0 Å². The third kappa shape index (κ3) is 4.93. The number of nitrogens with zero attached hydrogens (tertiary/aromatic N) is 1. The van der Waals surface area contributed by atoms with Crippen LogP contribution >= 0.6 is 0 Å². The molecule has 0 aromatic heterocycles. The summed E-state index contributed by atoms with van der Waals surface area (Å²) in [4.78, 5) is 23.8. The third-order valence-electron chi connectivity index (χ3n) is 2.37. The smallest absolute Gasteiger partial charge is 0.313 e. The third-order valence-corrected chi connectivity index (χ3v) is 2.37. The SMILES string of the molecule is COC(=O)CC(=O)/C=C/N(C)C(C)(C)CO. The van der Waals surface area contributed by atoms with Gasteiger partial charge < -0.3 is 14.7 Å². The number of hydrogen-bond donors (Lipinski definition) is 1. The van der Waals surface area contributed by atoms with E-state index in [4.69, 9.17) is 5.11 Å². The highest BCUT2D eigenvalue weighted by Gasteiger charge is 2.19. The maximum Gasteiger partial charge on any atom is 0.313 e. The number of rotatable bonds is 6. The van der Waals surface area contributed by atoms with Crippen LogP contribution in [0.15, 0.2) is 12.3 Å². The molecule has 0 saturated carbocycles. The first kappa shape index (κ1) is 14.6. The van der Waals surface area contributed by atoms with Crippen LogP contribution in [0.25, 0.3) is 0 Å². The Labute approximate surface area is 95.7 Å². The van der Waals surface area contributed by atoms with Gasteiger partial charge in [-0.15, -0.1) is 0 Å². The van der Waals surface area contributed by atoms with Crippen LogP contribution in [-0.2, 0) is 14.3 Å². The molecular formula is C11H19NO4. The van der Waals surface area contributed by atoms with Gasteiger partial charge in [-0.1, -0.05) is 0 Å². The summed E-state index contributed by atoms with van der Waals surface area (Å²) >= 11 is 0. The number of carbonyl (C=O) groups excluding carboxylic acids is 2. The minimum absolute atomic E-state index is 0.0287. The Balaban J connectivity index is 4.28. The number of esters is 1. The lowest BCUT2D eigenvalue weighted by molar-refractivity contribution is -0.142. The zero-order valence-electron chi connectivity index (χ0n) is 10.2. The van der Waals surface area contributed by atoms with Crippen molar-refractivity contribution in [2.24, 2.45) is 0 Å². The second-order valence-electron chi connectivity index (χ2n) is 4.12. The van der Waals surface area contributed by atoms with Crippen molar-refractivity contribution in [3.8, 4) is 0 Å². The molecule has 0 radical (unpaired) electrons. The molecule has 0 unspecified atom stereocenters. The second kappa shape index (κ2) is 6.27. The van der Waals surface area contributed by atoms with E-state index >= 15 is 0 Å². The molecule has 0 spiro atoms. The van der Waals surface area contributed by atoms with Crippen LogP contribution in [0.5, 0.6) is 0 Å². The van der Waals surface area contributed by atoms with E-state index < -0.39 is 11.5 Å². The van der Waals surface area contributed by atoms with Gasteiger partial charge in [-0.05, 0) is 19.9 Å². The first-order valence-electron chi connectivity index (χ1n) is 4.95. The van der Waals surface area contributed by atoms with Crippen molar-refractivity contribution in [3.05, 3.63) is 12.3 Å². The van der Waals surface area contributed by atoms with Crippen molar-refractivity contribution >= 4 is 11.8 Å². The fraction of sp³-hybridized carbons (Fsp3) is 0.636. The first-order chi connectivity index (χ1) is 7.33. The number of allylic oxidation sites excluding steroid dienone is 1. The molecule has 0 bridgehead atoms. The topological polar surface area (TPSA) is 66.8 Å². The van der Waals surface area contributed by atoms with Gasteiger partial charge in [-0.2, -0.15) is 0 Å². The van der Waals surface area contributed by atoms with Gasteiger partial charge in [-0.25, -0.2) is 0 Å². The van der Waals surface area contributed by atoms with Crippen LogP contribution < -0.4 is 0 Å². The molecule has 0 aromatic carbocycles. The van der Waals surface area contributed by atoms with Gasteiger partial charge in [0.1, 0.15) is 6.42 Å². The van der Waals surface area contributed by atoms with E-state index in [2.05, 4.69) is 4.74 Å². The largest absolute Gasteiger partial charge is 0.469 e. The fourth-order valence-corrected chi connectivity index (χ4v) is 0.782. The average molecular weight is 229 g/mol. The van der Waals surface area contributed by atoms with Gasteiger partial charge in [-0.3, -0.25) is 9.59 Å². The van der Waals surface area contributed by atoms with Crippen LogP contribution in [0.1, 0.15) is 20.3 Å². The van der Waals surface area contributed by atoms with E-state index in [9.17, 15) is 9.59 Å². The lowest BCUT2D eigenvalue weighted by atomic mass is 10.1. The number of ether oxygens (including phenoxy) is 1. The summed E-state index contributed by atoms with van der Waals surface area (Å²) in [5, 5.41) is 9.08. The molecule has 92 valence electrons. The Kier molecular flexibility index (Phi) is 5.74. The molecule has 16 heavy (non-hydrogen) atoms. The van der Waals surface area contributed by atoms with Crippen molar-refractivity contribution < 1.29 is 19.4 Å². The Morgan fingerprint density at radius 3 is 2.44 bits per heavy atom. The minimum atomic E-state index is -0.557. The number of ketones is 1. The lowest BCUT2D eigenvalue weighted by Crippen LogP contribution is -2.40. The highest BCUT2D eigenvalue weighted by atomic mass is 16.5. The molecule has 0 heterocycles. The average Bonchev–Trinajstić information content (AvgIpc) is 2.25. The monoisotopic (exact) mass is 229 g/mol. The van der Waals surface area contributed by atoms with Crippen molar-refractivity contribution in [2.45, 2.75) is 25.8 Å². The molecule has 0 saturated heterocycles. The van der Waals surface area contributed by atoms with E-state index in [-0.39, 0.29) is 18.8 Å². The Hall–Kier alpha value is -1.36. The molecule has 0 aliphatic rings. The predicted molar refractivity (Wildman–Crippen MR) is 59.7 cm³/mol. The molecular weight excluding hydrogens is 210 g/mol. The summed E-state index contributed by atoms with van der Waals surface area (Å²) in [6, 6.07) is 0. The quantitative estimate of drug-likeness (QED) is 0.404. The van der Waals surface area contributed by atoms with Crippen molar-refractivity contribution in [2.75, 3.05) is 20.8 Å². The molecule has 0 amide bonds. The minimum Gasteiger partial charge on any atom is -0.469 e. The molecule has 1 N–H and O–H groups in total. The van der Waals surface area contributed by atoms with E-state index in [1.807, 2.05) is 13.8 Å². The van der Waals surface area contributed by atoms with E-state index in [0.717, 1.165) is 0 Å². The summed E-state index contributed by atoms with van der Waals surface area (Å²) in [7, 11) is 2.98. The van der Waals surface area contributed by atoms with Crippen LogP contribution in [-0.4, -0.2) is 48.1 Å². The van der Waals surface area contributed by atoms with Gasteiger partial charge in [0.2, 0.25) is 0 Å². The maximum atomic E-state index is 11.3. The van der Waals surface area contributed by atoms with Gasteiger partial charge in [0, 0.05) is 13.2 Å². The molecule has 0 aliphatic heterocycles. The number of hydrogen-bond acceptors (Lipinski definition) is 5. The van der Waals surface area contributed by atoms with Crippen molar-refractivity contribution in [3.63, 3.8) is 0 Å². The lowest BCUT2D eigenvalue weighted by Gasteiger charge is -2.32. The predicted octanol–water partition coefficient (Wildman–Crippen LogP) is 0.335. The fourth-order valence-electron chi connectivity index (χ4n) is 0.782. The highest BCUT2D eigenvalue weighted by molar-refractivity contribution is 6.01. The second-order valence-corrected chi connectivity index (χ2v) is 4.12. The first-order valence-corrected chi connectivity index (χ1v) is 4.95. The summed E-state index contributed by atoms with van der Waals surface area (Å²) < 4.78 is 4.37. The van der Waals surface area contributed by atoms with Crippen molar-refractivity contribution in [1.29, 1.82) is 0 Å². The molecule has 5 nitrogen and oxygen atoms in total. The van der Waals surface area contributed by atoms with Gasteiger partial charge in [0.15, 0.2) is 5.78 Å². The molecule has 0 aromatic rings. The summed E-state index contributed by atoms with van der Waals surface area (Å²) in [6.07, 6.45) is 2.58. The number of aliphatic hydroxyl groups is 1. The summed E-state index contributed by atoms with van der Waals surface area (Å²) in [5.74, 6) is -0.883. The van der Waals surface area contributed by atoms with E-state index in [1.54, 1.807) is 18.1 Å². The highest BCUT2D eigenvalue weighted by Crippen LogP contribution is 2.11. The summed E-state index contributed by atoms with van der Waals surface area (Å²) in [6.45, 7) is 3.64. The molecule has 0 fully saturated rings. The Morgan fingerprint density at radius 2 is 2.00 bits per heavy atom. The summed E-state index contributed by atoms with van der Waals surface area (Å²) in [5.41, 5.74) is -0.442. The zero-order valence-corrected chi connectivity index (χ0v) is 10.2. The number of methoxy groups -OCH3 is 1. The standard InChI is InChI=1S/C11H19NO4/c1-11(2,8-13)12(3)6-5-9(14)7-10(15)16-4/h5-6,13H,7-8H2,1-4H3/b6-5+. The van der Waals surface area contributed by atoms with Crippen LogP contribution in [0, 0.1) is 0 Å². The van der Waals surface area contributed by atoms with Crippen LogP contribution in [0.3, 0.4) is 0 Å². The molecule has 5 heteroatoms. The number of aliphatic hydroxyl groups excluding tert-OH is 1. The number of carbonyl (C=O) groups is 2. The van der Waals surface area contributed by atoms with Crippen molar-refractivity contribution in [1.82, 2.24) is 4.90 Å². The normalized spacial score (nSPS) is 11.6. The van der Waals surface area contributed by atoms with Gasteiger partial charge in [0.25, 0.3) is 0 Å².